The minimum Gasteiger partial charge on any atom is -0.469 e. The first-order valence-electron chi connectivity index (χ1n) is 5.72. The number of nitrogen functional groups attached to an aromatic ring is 1. The van der Waals surface area contributed by atoms with Gasteiger partial charge >= 0.3 is 5.97 Å². The number of nitrogens with two attached hydrogens (primary N) is 1. The summed E-state index contributed by atoms with van der Waals surface area (Å²) in [5.74, 6) is 0.688. The molecule has 0 spiro atoms. The molecule has 6 nitrogen and oxygen atoms in total. The van der Waals surface area contributed by atoms with E-state index in [1.807, 2.05) is 12.1 Å². The summed E-state index contributed by atoms with van der Waals surface area (Å²) in [7, 11) is 0. The van der Waals surface area contributed by atoms with E-state index in [0.717, 1.165) is 5.76 Å². The molecular formula is C12H15N3O3. The number of esters is 1. The van der Waals surface area contributed by atoms with Crippen molar-refractivity contribution in [1.82, 2.24) is 9.55 Å². The van der Waals surface area contributed by atoms with Crippen molar-refractivity contribution in [2.75, 3.05) is 12.3 Å². The summed E-state index contributed by atoms with van der Waals surface area (Å²) in [6, 6.07) is 3.72. The Hall–Kier alpha value is -2.24. The van der Waals surface area contributed by atoms with E-state index in [9.17, 15) is 4.79 Å². The molecule has 96 valence electrons. The first kappa shape index (κ1) is 12.2. The summed E-state index contributed by atoms with van der Waals surface area (Å²) in [6.07, 6.45) is 3.84. The fraction of sp³-hybridized carbons (Fsp3) is 0.333. The summed E-state index contributed by atoms with van der Waals surface area (Å²) in [6.45, 7) is 2.64. The Morgan fingerprint density at radius 1 is 1.61 bits per heavy atom. The van der Waals surface area contributed by atoms with Crippen LogP contribution in [-0.4, -0.2) is 22.1 Å². The first-order chi connectivity index (χ1) is 8.72. The Morgan fingerprint density at radius 2 is 2.44 bits per heavy atom. The van der Waals surface area contributed by atoms with E-state index in [0.29, 0.717) is 25.4 Å². The van der Waals surface area contributed by atoms with Crippen molar-refractivity contribution in [3.63, 3.8) is 0 Å². The molecule has 2 heterocycles. The molecule has 0 aliphatic carbocycles. The summed E-state index contributed by atoms with van der Waals surface area (Å²) >= 11 is 0. The van der Waals surface area contributed by atoms with Crippen molar-refractivity contribution >= 4 is 11.8 Å². The SMILES string of the molecule is CCOC(=O)c1ncn(CCc2ccco2)c1N. The molecule has 0 amide bonds. The Labute approximate surface area is 104 Å². The van der Waals surface area contributed by atoms with Crippen molar-refractivity contribution in [2.45, 2.75) is 19.9 Å². The van der Waals surface area contributed by atoms with Crippen LogP contribution in [0.3, 0.4) is 0 Å². The topological polar surface area (TPSA) is 83.3 Å². The van der Waals surface area contributed by atoms with Crippen LogP contribution in [0.1, 0.15) is 23.2 Å². The summed E-state index contributed by atoms with van der Waals surface area (Å²) in [4.78, 5) is 15.5. The number of carbonyl (C=O) groups excluding carboxylic acids is 1. The van der Waals surface area contributed by atoms with Crippen LogP contribution in [0.4, 0.5) is 5.82 Å². The van der Waals surface area contributed by atoms with Gasteiger partial charge < -0.3 is 19.5 Å². The van der Waals surface area contributed by atoms with E-state index in [1.165, 1.54) is 6.33 Å². The number of ether oxygens (including phenoxy) is 1. The van der Waals surface area contributed by atoms with Crippen LogP contribution in [0.25, 0.3) is 0 Å². The van der Waals surface area contributed by atoms with Gasteiger partial charge in [0.1, 0.15) is 11.6 Å². The lowest BCUT2D eigenvalue weighted by Crippen LogP contribution is -2.10. The predicted molar refractivity (Wildman–Crippen MR) is 65.0 cm³/mol. The second kappa shape index (κ2) is 5.39. The van der Waals surface area contributed by atoms with Crippen molar-refractivity contribution in [3.8, 4) is 0 Å². The molecule has 0 saturated carbocycles. The zero-order chi connectivity index (χ0) is 13.0. The minimum atomic E-state index is -0.494. The third kappa shape index (κ3) is 2.53. The number of carbonyl (C=O) groups is 1. The number of nitrogens with zero attached hydrogens (tertiary/aromatic N) is 2. The number of hydrogen-bond acceptors (Lipinski definition) is 5. The Balaban J connectivity index is 2.04. The third-order valence-electron chi connectivity index (χ3n) is 2.53. The molecule has 0 aromatic carbocycles. The molecule has 0 unspecified atom stereocenters. The van der Waals surface area contributed by atoms with Crippen molar-refractivity contribution in [2.24, 2.45) is 0 Å². The van der Waals surface area contributed by atoms with Crippen LogP contribution in [0.5, 0.6) is 0 Å². The lowest BCUT2D eigenvalue weighted by Gasteiger charge is -2.04. The number of imidazole rings is 1. The van der Waals surface area contributed by atoms with Gasteiger partial charge in [-0.25, -0.2) is 9.78 Å². The van der Waals surface area contributed by atoms with Crippen LogP contribution < -0.4 is 5.73 Å². The predicted octanol–water partition coefficient (Wildman–Crippen LogP) is 1.48. The number of anilines is 1. The van der Waals surface area contributed by atoms with Crippen molar-refractivity contribution < 1.29 is 13.9 Å². The number of furan rings is 1. The monoisotopic (exact) mass is 249 g/mol. The molecule has 0 bridgehead atoms. The van der Waals surface area contributed by atoms with E-state index in [4.69, 9.17) is 14.9 Å². The lowest BCUT2D eigenvalue weighted by atomic mass is 10.3. The normalized spacial score (nSPS) is 10.5. The van der Waals surface area contributed by atoms with Gasteiger partial charge in [-0.1, -0.05) is 0 Å². The molecule has 2 rings (SSSR count). The zero-order valence-electron chi connectivity index (χ0n) is 10.1. The van der Waals surface area contributed by atoms with Gasteiger partial charge in [0, 0.05) is 13.0 Å². The van der Waals surface area contributed by atoms with Gasteiger partial charge in [0.25, 0.3) is 0 Å². The molecule has 2 N–H and O–H groups in total. The smallest absolute Gasteiger partial charge is 0.360 e. The van der Waals surface area contributed by atoms with Gasteiger partial charge in [-0.05, 0) is 19.1 Å². The highest BCUT2D eigenvalue weighted by Gasteiger charge is 2.16. The quantitative estimate of drug-likeness (QED) is 0.811. The Bertz CT molecular complexity index is 517. The van der Waals surface area contributed by atoms with E-state index >= 15 is 0 Å². The molecular weight excluding hydrogens is 234 g/mol. The summed E-state index contributed by atoms with van der Waals surface area (Å²) < 4.78 is 11.8. The number of aromatic nitrogens is 2. The highest BCUT2D eigenvalue weighted by molar-refractivity contribution is 5.92. The lowest BCUT2D eigenvalue weighted by molar-refractivity contribution is 0.0521. The molecule has 0 aliphatic heterocycles. The van der Waals surface area contributed by atoms with Gasteiger partial charge in [-0.15, -0.1) is 0 Å². The molecule has 18 heavy (non-hydrogen) atoms. The zero-order valence-corrected chi connectivity index (χ0v) is 10.1. The number of aryl methyl sites for hydroxylation is 2. The van der Waals surface area contributed by atoms with Gasteiger partial charge in [0.15, 0.2) is 5.69 Å². The van der Waals surface area contributed by atoms with Gasteiger partial charge in [0.2, 0.25) is 0 Å². The molecule has 0 aliphatic rings. The summed E-state index contributed by atoms with van der Waals surface area (Å²) in [5.41, 5.74) is 6.01. The van der Waals surface area contributed by atoms with Crippen LogP contribution in [0.2, 0.25) is 0 Å². The van der Waals surface area contributed by atoms with Crippen molar-refractivity contribution in [1.29, 1.82) is 0 Å². The van der Waals surface area contributed by atoms with E-state index < -0.39 is 5.97 Å². The van der Waals surface area contributed by atoms with E-state index in [-0.39, 0.29) is 5.69 Å². The highest BCUT2D eigenvalue weighted by atomic mass is 16.5. The van der Waals surface area contributed by atoms with E-state index in [1.54, 1.807) is 17.8 Å². The van der Waals surface area contributed by atoms with Gasteiger partial charge in [-0.3, -0.25) is 0 Å². The fourth-order valence-corrected chi connectivity index (χ4v) is 1.61. The van der Waals surface area contributed by atoms with Crippen LogP contribution in [0, 0.1) is 0 Å². The van der Waals surface area contributed by atoms with Crippen LogP contribution in [0.15, 0.2) is 29.1 Å². The number of hydrogen-bond donors (Lipinski definition) is 1. The van der Waals surface area contributed by atoms with Crippen LogP contribution in [-0.2, 0) is 17.7 Å². The molecule has 6 heteroatoms. The van der Waals surface area contributed by atoms with Gasteiger partial charge in [0.05, 0.1) is 19.2 Å². The second-order valence-electron chi connectivity index (χ2n) is 3.72. The minimum absolute atomic E-state index is 0.163. The fourth-order valence-electron chi connectivity index (χ4n) is 1.61. The maximum Gasteiger partial charge on any atom is 0.360 e. The summed E-state index contributed by atoms with van der Waals surface area (Å²) in [5, 5.41) is 0. The average molecular weight is 249 g/mol. The maximum absolute atomic E-state index is 11.5. The Morgan fingerprint density at radius 3 is 3.11 bits per heavy atom. The molecule has 2 aromatic rings. The van der Waals surface area contributed by atoms with Crippen molar-refractivity contribution in [3.05, 3.63) is 36.2 Å². The number of rotatable bonds is 5. The molecule has 0 fully saturated rings. The highest BCUT2D eigenvalue weighted by Crippen LogP contribution is 2.13. The maximum atomic E-state index is 11.5. The molecule has 0 saturated heterocycles. The van der Waals surface area contributed by atoms with Crippen LogP contribution >= 0.6 is 0 Å². The average Bonchev–Trinajstić information content (AvgIpc) is 2.96. The Kier molecular flexibility index (Phi) is 3.66. The third-order valence-corrected chi connectivity index (χ3v) is 2.53. The molecule has 0 radical (unpaired) electrons. The molecule has 2 aromatic heterocycles. The standard InChI is InChI=1S/C12H15N3O3/c1-2-17-12(16)10-11(13)15(8-14-10)6-5-9-4-3-7-18-9/h3-4,7-8H,2,5-6,13H2,1H3. The second-order valence-corrected chi connectivity index (χ2v) is 3.72. The van der Waals surface area contributed by atoms with E-state index in [2.05, 4.69) is 4.98 Å². The largest absolute Gasteiger partial charge is 0.469 e. The molecule has 0 atom stereocenters. The van der Waals surface area contributed by atoms with Gasteiger partial charge in [-0.2, -0.15) is 0 Å². The first-order valence-corrected chi connectivity index (χ1v) is 5.72.